The fraction of sp³-hybridized carbons (Fsp3) is 1.00. The molecule has 0 aliphatic heterocycles. The minimum Gasteiger partial charge on any atom is -0.395 e. The van der Waals surface area contributed by atoms with Crippen molar-refractivity contribution in [3.63, 3.8) is 0 Å². The Morgan fingerprint density at radius 1 is 1.58 bits per heavy atom. The molecule has 1 aliphatic carbocycles. The third-order valence-electron chi connectivity index (χ3n) is 2.39. The van der Waals surface area contributed by atoms with Crippen LogP contribution in [-0.2, 0) is 4.74 Å². The zero-order valence-electron chi connectivity index (χ0n) is 7.86. The lowest BCUT2D eigenvalue weighted by Gasteiger charge is -2.09. The molecular weight excluding hydrogens is 154 g/mol. The van der Waals surface area contributed by atoms with Crippen molar-refractivity contribution in [1.82, 2.24) is 0 Å². The Labute approximate surface area is 73.9 Å². The van der Waals surface area contributed by atoms with Crippen molar-refractivity contribution in [2.24, 2.45) is 17.6 Å². The normalized spacial score (nSPS) is 30.8. The van der Waals surface area contributed by atoms with Gasteiger partial charge in [0.15, 0.2) is 0 Å². The molecule has 0 bridgehead atoms. The van der Waals surface area contributed by atoms with Crippen LogP contribution in [0.4, 0.5) is 0 Å². The SMILES string of the molecule is CC(C)[C@@H]1C[C@@H]1OCC(N)CO. The molecule has 0 saturated heterocycles. The van der Waals surface area contributed by atoms with Gasteiger partial charge in [0.2, 0.25) is 0 Å². The van der Waals surface area contributed by atoms with Crippen LogP contribution < -0.4 is 5.73 Å². The predicted octanol–water partition coefficient (Wildman–Crippen LogP) is 0.367. The Morgan fingerprint density at radius 3 is 2.67 bits per heavy atom. The maximum absolute atomic E-state index is 8.64. The Bertz CT molecular complexity index is 138. The second kappa shape index (κ2) is 4.21. The minimum absolute atomic E-state index is 0.0130. The van der Waals surface area contributed by atoms with Gasteiger partial charge in [0.1, 0.15) is 0 Å². The average molecular weight is 173 g/mol. The summed E-state index contributed by atoms with van der Waals surface area (Å²) in [4.78, 5) is 0. The van der Waals surface area contributed by atoms with E-state index in [1.54, 1.807) is 0 Å². The summed E-state index contributed by atoms with van der Waals surface area (Å²) in [5, 5.41) is 8.64. The molecule has 3 N–H and O–H groups in total. The van der Waals surface area contributed by atoms with Gasteiger partial charge in [-0.25, -0.2) is 0 Å². The average Bonchev–Trinajstić information content (AvgIpc) is 2.79. The van der Waals surface area contributed by atoms with Gasteiger partial charge < -0.3 is 15.6 Å². The van der Waals surface area contributed by atoms with Gasteiger partial charge in [-0.1, -0.05) is 13.8 Å². The lowest BCUT2D eigenvalue weighted by Crippen LogP contribution is -2.30. The molecule has 0 aromatic rings. The van der Waals surface area contributed by atoms with Crippen LogP contribution in [0.25, 0.3) is 0 Å². The second-order valence-electron chi connectivity index (χ2n) is 3.96. The quantitative estimate of drug-likeness (QED) is 0.631. The van der Waals surface area contributed by atoms with E-state index in [1.165, 1.54) is 0 Å². The molecule has 1 fully saturated rings. The number of ether oxygens (including phenoxy) is 1. The molecule has 3 atom stereocenters. The van der Waals surface area contributed by atoms with E-state index in [2.05, 4.69) is 13.8 Å². The first-order valence-corrected chi connectivity index (χ1v) is 4.63. The van der Waals surface area contributed by atoms with Gasteiger partial charge in [-0.3, -0.25) is 0 Å². The zero-order chi connectivity index (χ0) is 9.14. The molecule has 0 amide bonds. The molecular formula is C9H19NO2. The molecule has 1 aliphatic rings. The van der Waals surface area contributed by atoms with Crippen molar-refractivity contribution in [2.75, 3.05) is 13.2 Å². The van der Waals surface area contributed by atoms with Crippen LogP contribution in [0.2, 0.25) is 0 Å². The molecule has 0 aromatic carbocycles. The first-order valence-electron chi connectivity index (χ1n) is 4.63. The first kappa shape index (κ1) is 9.96. The van der Waals surface area contributed by atoms with Gasteiger partial charge in [-0.15, -0.1) is 0 Å². The second-order valence-corrected chi connectivity index (χ2v) is 3.96. The number of nitrogens with two attached hydrogens (primary N) is 1. The highest BCUT2D eigenvalue weighted by Gasteiger charge is 2.40. The van der Waals surface area contributed by atoms with Crippen molar-refractivity contribution in [2.45, 2.75) is 32.4 Å². The molecule has 12 heavy (non-hydrogen) atoms. The zero-order valence-corrected chi connectivity index (χ0v) is 7.86. The van der Waals surface area contributed by atoms with E-state index in [4.69, 9.17) is 15.6 Å². The van der Waals surface area contributed by atoms with Crippen LogP contribution in [0.1, 0.15) is 20.3 Å². The fourth-order valence-electron chi connectivity index (χ4n) is 1.38. The number of hydrogen-bond acceptors (Lipinski definition) is 3. The van der Waals surface area contributed by atoms with Crippen molar-refractivity contribution < 1.29 is 9.84 Å². The summed E-state index contributed by atoms with van der Waals surface area (Å²) in [6.07, 6.45) is 1.57. The van der Waals surface area contributed by atoms with Crippen LogP contribution in [0, 0.1) is 11.8 Å². The highest BCUT2D eigenvalue weighted by atomic mass is 16.5. The van der Waals surface area contributed by atoms with Gasteiger partial charge in [0.05, 0.1) is 25.4 Å². The van der Waals surface area contributed by atoms with Gasteiger partial charge in [0, 0.05) is 0 Å². The van der Waals surface area contributed by atoms with Gasteiger partial charge in [0.25, 0.3) is 0 Å². The van der Waals surface area contributed by atoms with E-state index in [0.717, 1.165) is 12.3 Å². The van der Waals surface area contributed by atoms with Crippen LogP contribution in [0.5, 0.6) is 0 Å². The topological polar surface area (TPSA) is 55.5 Å². The van der Waals surface area contributed by atoms with Crippen LogP contribution in [0.15, 0.2) is 0 Å². The lowest BCUT2D eigenvalue weighted by atomic mass is 10.1. The summed E-state index contributed by atoms with van der Waals surface area (Å²) in [5.74, 6) is 1.43. The number of aliphatic hydroxyl groups excluding tert-OH is 1. The standard InChI is InChI=1S/C9H19NO2/c1-6(2)8-3-9(8)12-5-7(10)4-11/h6-9,11H,3-5,10H2,1-2H3/t7?,8-,9-/m0/s1. The molecule has 3 nitrogen and oxygen atoms in total. The Hall–Kier alpha value is -0.120. The molecule has 1 unspecified atom stereocenters. The lowest BCUT2D eigenvalue weighted by molar-refractivity contribution is 0.0767. The molecule has 72 valence electrons. The predicted molar refractivity (Wildman–Crippen MR) is 47.7 cm³/mol. The summed E-state index contributed by atoms with van der Waals surface area (Å²) < 4.78 is 5.49. The summed E-state index contributed by atoms with van der Waals surface area (Å²) >= 11 is 0. The maximum Gasteiger partial charge on any atom is 0.0643 e. The highest BCUT2D eigenvalue weighted by molar-refractivity contribution is 4.90. The Balaban J connectivity index is 2.04. The van der Waals surface area contributed by atoms with Gasteiger partial charge >= 0.3 is 0 Å². The number of rotatable bonds is 5. The van der Waals surface area contributed by atoms with Gasteiger partial charge in [-0.2, -0.15) is 0 Å². The van der Waals surface area contributed by atoms with Crippen LogP contribution in [-0.4, -0.2) is 30.5 Å². The van der Waals surface area contributed by atoms with E-state index in [-0.39, 0.29) is 12.6 Å². The fourth-order valence-corrected chi connectivity index (χ4v) is 1.38. The van der Waals surface area contributed by atoms with E-state index in [1.807, 2.05) is 0 Å². The number of hydrogen-bond donors (Lipinski definition) is 2. The van der Waals surface area contributed by atoms with Gasteiger partial charge in [-0.05, 0) is 18.3 Å². The largest absolute Gasteiger partial charge is 0.395 e. The van der Waals surface area contributed by atoms with E-state index in [0.29, 0.717) is 18.6 Å². The monoisotopic (exact) mass is 173 g/mol. The van der Waals surface area contributed by atoms with Crippen LogP contribution >= 0.6 is 0 Å². The molecule has 0 radical (unpaired) electrons. The van der Waals surface area contributed by atoms with E-state index < -0.39 is 0 Å². The smallest absolute Gasteiger partial charge is 0.0643 e. The third-order valence-corrected chi connectivity index (χ3v) is 2.39. The molecule has 0 spiro atoms. The van der Waals surface area contributed by atoms with E-state index in [9.17, 15) is 0 Å². The summed E-state index contributed by atoms with van der Waals surface area (Å²) in [6, 6.07) is -0.210. The molecule has 0 aromatic heterocycles. The molecule has 1 rings (SSSR count). The van der Waals surface area contributed by atoms with Crippen molar-refractivity contribution >= 4 is 0 Å². The van der Waals surface area contributed by atoms with Crippen molar-refractivity contribution in [1.29, 1.82) is 0 Å². The maximum atomic E-state index is 8.64. The summed E-state index contributed by atoms with van der Waals surface area (Å²) in [7, 11) is 0. The van der Waals surface area contributed by atoms with Crippen molar-refractivity contribution in [3.05, 3.63) is 0 Å². The molecule has 1 saturated carbocycles. The number of aliphatic hydroxyl groups is 1. The molecule has 3 heteroatoms. The Morgan fingerprint density at radius 2 is 2.25 bits per heavy atom. The summed E-state index contributed by atoms with van der Waals surface area (Å²) in [5.41, 5.74) is 5.50. The molecule has 0 heterocycles. The third kappa shape index (κ3) is 2.73. The Kier molecular flexibility index (Phi) is 3.50. The first-order chi connectivity index (χ1) is 5.65. The van der Waals surface area contributed by atoms with Crippen LogP contribution in [0.3, 0.4) is 0 Å². The minimum atomic E-state index is -0.210. The summed E-state index contributed by atoms with van der Waals surface area (Å²) in [6.45, 7) is 4.92. The highest BCUT2D eigenvalue weighted by Crippen LogP contribution is 2.39. The van der Waals surface area contributed by atoms with Crippen molar-refractivity contribution in [3.8, 4) is 0 Å². The van der Waals surface area contributed by atoms with E-state index >= 15 is 0 Å².